The van der Waals surface area contributed by atoms with Gasteiger partial charge in [-0.25, -0.2) is 0 Å². The van der Waals surface area contributed by atoms with Gasteiger partial charge in [0, 0.05) is 24.0 Å². The lowest BCUT2D eigenvalue weighted by molar-refractivity contribution is -0.140. The molecule has 1 aromatic carbocycles. The van der Waals surface area contributed by atoms with Crippen LogP contribution in [0.5, 0.6) is 0 Å². The molecule has 1 heterocycles. The van der Waals surface area contributed by atoms with Gasteiger partial charge in [-0.3, -0.25) is 9.59 Å². The van der Waals surface area contributed by atoms with Gasteiger partial charge in [-0.2, -0.15) is 0 Å². The second-order valence-electron chi connectivity index (χ2n) is 6.61. The number of benzene rings is 1. The van der Waals surface area contributed by atoms with E-state index in [0.29, 0.717) is 25.7 Å². The fourth-order valence-electron chi connectivity index (χ4n) is 3.02. The summed E-state index contributed by atoms with van der Waals surface area (Å²) >= 11 is 0. The molecule has 0 saturated heterocycles. The number of ether oxygens (including phenoxy) is 1. The standard InChI is InChI=1S/C19H25NO3/c1-13-12-19(2,3)20-18-14(13)8-7-9-15(18)16(21)10-5-6-11-17(22)23-4/h7-9,12,20H,5-6,10-11H2,1-4H3. The SMILES string of the molecule is COC(=O)CCCCC(=O)c1cccc2c1NC(C)(C)C=C2C. The van der Waals surface area contributed by atoms with E-state index in [4.69, 9.17) is 0 Å². The van der Waals surface area contributed by atoms with E-state index < -0.39 is 0 Å². The predicted octanol–water partition coefficient (Wildman–Crippen LogP) is 4.21. The normalized spacial score (nSPS) is 15.2. The van der Waals surface area contributed by atoms with E-state index >= 15 is 0 Å². The first kappa shape index (κ1) is 17.3. The zero-order valence-corrected chi connectivity index (χ0v) is 14.4. The van der Waals surface area contributed by atoms with Crippen LogP contribution in [0.15, 0.2) is 24.3 Å². The van der Waals surface area contributed by atoms with Gasteiger partial charge in [-0.1, -0.05) is 18.2 Å². The maximum absolute atomic E-state index is 12.6. The molecule has 0 radical (unpaired) electrons. The van der Waals surface area contributed by atoms with Crippen LogP contribution >= 0.6 is 0 Å². The lowest BCUT2D eigenvalue weighted by Crippen LogP contribution is -2.32. The number of methoxy groups -OCH3 is 1. The van der Waals surface area contributed by atoms with Crippen molar-refractivity contribution >= 4 is 23.0 Å². The first-order chi connectivity index (χ1) is 10.8. The topological polar surface area (TPSA) is 55.4 Å². The average Bonchev–Trinajstić information content (AvgIpc) is 2.49. The predicted molar refractivity (Wildman–Crippen MR) is 92.6 cm³/mol. The Hall–Kier alpha value is -2.10. The van der Waals surface area contributed by atoms with Crippen LogP contribution in [-0.2, 0) is 9.53 Å². The Morgan fingerprint density at radius 1 is 1.17 bits per heavy atom. The number of carbonyl (C=O) groups excluding carboxylic acids is 2. The van der Waals surface area contributed by atoms with E-state index in [9.17, 15) is 9.59 Å². The van der Waals surface area contributed by atoms with Crippen molar-refractivity contribution < 1.29 is 14.3 Å². The van der Waals surface area contributed by atoms with Gasteiger partial charge in [-0.15, -0.1) is 0 Å². The zero-order valence-electron chi connectivity index (χ0n) is 14.4. The molecule has 2 rings (SSSR count). The highest BCUT2D eigenvalue weighted by atomic mass is 16.5. The van der Waals surface area contributed by atoms with Crippen molar-refractivity contribution in [2.45, 2.75) is 52.0 Å². The van der Waals surface area contributed by atoms with Crippen molar-refractivity contribution in [3.63, 3.8) is 0 Å². The summed E-state index contributed by atoms with van der Waals surface area (Å²) in [7, 11) is 1.38. The molecule has 0 bridgehead atoms. The largest absolute Gasteiger partial charge is 0.469 e. The van der Waals surface area contributed by atoms with Crippen LogP contribution in [-0.4, -0.2) is 24.4 Å². The van der Waals surface area contributed by atoms with Crippen molar-refractivity contribution in [2.75, 3.05) is 12.4 Å². The Morgan fingerprint density at radius 2 is 1.87 bits per heavy atom. The van der Waals surface area contributed by atoms with Crippen LogP contribution in [0.3, 0.4) is 0 Å². The Bertz CT molecular complexity index is 644. The van der Waals surface area contributed by atoms with Gasteiger partial charge in [0.1, 0.15) is 0 Å². The molecule has 1 aromatic rings. The van der Waals surface area contributed by atoms with E-state index in [2.05, 4.69) is 36.9 Å². The third-order valence-corrected chi connectivity index (χ3v) is 4.08. The lowest BCUT2D eigenvalue weighted by atomic mass is 9.88. The zero-order chi connectivity index (χ0) is 17.0. The number of nitrogens with one attached hydrogen (secondary N) is 1. The van der Waals surface area contributed by atoms with Crippen molar-refractivity contribution in [3.05, 3.63) is 35.4 Å². The molecule has 23 heavy (non-hydrogen) atoms. The van der Waals surface area contributed by atoms with Crippen LogP contribution in [0.25, 0.3) is 5.57 Å². The van der Waals surface area contributed by atoms with Crippen LogP contribution < -0.4 is 5.32 Å². The molecule has 0 fully saturated rings. The minimum atomic E-state index is -0.223. The molecule has 0 atom stereocenters. The van der Waals surface area contributed by atoms with Crippen molar-refractivity contribution in [2.24, 2.45) is 0 Å². The van der Waals surface area contributed by atoms with Crippen molar-refractivity contribution in [1.29, 1.82) is 0 Å². The summed E-state index contributed by atoms with van der Waals surface area (Å²) in [6.45, 7) is 6.26. The van der Waals surface area contributed by atoms with Gasteiger partial charge < -0.3 is 10.1 Å². The highest BCUT2D eigenvalue weighted by Gasteiger charge is 2.25. The molecule has 1 N–H and O–H groups in total. The van der Waals surface area contributed by atoms with E-state index in [1.54, 1.807) is 0 Å². The molecule has 0 aliphatic carbocycles. The summed E-state index contributed by atoms with van der Waals surface area (Å²) in [5.74, 6) is -0.108. The number of carbonyl (C=O) groups is 2. The van der Waals surface area contributed by atoms with Gasteiger partial charge in [0.15, 0.2) is 5.78 Å². The molecule has 1 aliphatic rings. The third-order valence-electron chi connectivity index (χ3n) is 4.08. The minimum absolute atomic E-state index is 0.115. The summed E-state index contributed by atoms with van der Waals surface area (Å²) in [6, 6.07) is 5.85. The van der Waals surface area contributed by atoms with Gasteiger partial charge >= 0.3 is 5.97 Å². The van der Waals surface area contributed by atoms with Crippen LogP contribution in [0.4, 0.5) is 5.69 Å². The van der Waals surface area contributed by atoms with E-state index in [0.717, 1.165) is 16.8 Å². The van der Waals surface area contributed by atoms with Crippen LogP contribution in [0.1, 0.15) is 62.4 Å². The van der Waals surface area contributed by atoms with Crippen LogP contribution in [0.2, 0.25) is 0 Å². The molecule has 0 amide bonds. The second kappa shape index (κ2) is 6.99. The molecule has 0 spiro atoms. The molecule has 1 aliphatic heterocycles. The van der Waals surface area contributed by atoms with E-state index in [1.807, 2.05) is 18.2 Å². The van der Waals surface area contributed by atoms with Crippen LogP contribution in [0, 0.1) is 0 Å². The molecular weight excluding hydrogens is 290 g/mol. The van der Waals surface area contributed by atoms with E-state index in [1.165, 1.54) is 12.7 Å². The summed E-state index contributed by atoms with van der Waals surface area (Å²) < 4.78 is 4.61. The van der Waals surface area contributed by atoms with Crippen molar-refractivity contribution in [3.8, 4) is 0 Å². The number of hydrogen-bond acceptors (Lipinski definition) is 4. The average molecular weight is 315 g/mol. The molecule has 0 aromatic heterocycles. The Kier molecular flexibility index (Phi) is 5.24. The Labute approximate surface area is 137 Å². The second-order valence-corrected chi connectivity index (χ2v) is 6.61. The number of allylic oxidation sites excluding steroid dienone is 1. The number of Topliss-reactive ketones (excluding diaryl/α,β-unsaturated/α-hetero) is 1. The number of esters is 1. The maximum atomic E-state index is 12.6. The minimum Gasteiger partial charge on any atom is -0.469 e. The van der Waals surface area contributed by atoms with Gasteiger partial charge in [-0.05, 0) is 45.3 Å². The number of rotatable bonds is 6. The summed E-state index contributed by atoms with van der Waals surface area (Å²) in [6.07, 6.45) is 4.35. The van der Waals surface area contributed by atoms with Gasteiger partial charge in [0.2, 0.25) is 0 Å². The fraction of sp³-hybridized carbons (Fsp3) is 0.474. The molecule has 4 nitrogen and oxygen atoms in total. The quantitative estimate of drug-likeness (QED) is 0.485. The number of fused-ring (bicyclic) bond motifs is 1. The highest BCUT2D eigenvalue weighted by molar-refractivity contribution is 6.04. The molecule has 124 valence electrons. The summed E-state index contributed by atoms with van der Waals surface area (Å²) in [4.78, 5) is 23.7. The Balaban J connectivity index is 2.10. The van der Waals surface area contributed by atoms with Crippen molar-refractivity contribution in [1.82, 2.24) is 0 Å². The number of para-hydroxylation sites is 1. The third kappa shape index (κ3) is 4.21. The molecular formula is C19H25NO3. The lowest BCUT2D eigenvalue weighted by Gasteiger charge is -2.32. The highest BCUT2D eigenvalue weighted by Crippen LogP contribution is 2.36. The first-order valence-electron chi connectivity index (χ1n) is 8.05. The molecule has 4 heteroatoms. The van der Waals surface area contributed by atoms with E-state index in [-0.39, 0.29) is 17.3 Å². The molecule has 0 unspecified atom stereocenters. The smallest absolute Gasteiger partial charge is 0.305 e. The maximum Gasteiger partial charge on any atom is 0.305 e. The first-order valence-corrected chi connectivity index (χ1v) is 8.05. The number of unbranched alkanes of at least 4 members (excludes halogenated alkanes) is 1. The summed E-state index contributed by atoms with van der Waals surface area (Å²) in [5, 5.41) is 3.46. The number of hydrogen-bond donors (Lipinski definition) is 1. The summed E-state index contributed by atoms with van der Waals surface area (Å²) in [5.41, 5.74) is 3.77. The fourth-order valence-corrected chi connectivity index (χ4v) is 3.02. The Morgan fingerprint density at radius 3 is 2.57 bits per heavy atom. The van der Waals surface area contributed by atoms with Gasteiger partial charge in [0.05, 0.1) is 18.3 Å². The van der Waals surface area contributed by atoms with Gasteiger partial charge in [0.25, 0.3) is 0 Å². The molecule has 0 saturated carbocycles. The number of anilines is 1. The number of ketones is 1. The monoisotopic (exact) mass is 315 g/mol.